The number of fused-ring (bicyclic) bond motifs is 1. The fourth-order valence-corrected chi connectivity index (χ4v) is 2.00. The summed E-state index contributed by atoms with van der Waals surface area (Å²) in [4.78, 5) is 12.3. The van der Waals surface area contributed by atoms with E-state index in [1.165, 1.54) is 0 Å². The van der Waals surface area contributed by atoms with E-state index in [-0.39, 0.29) is 6.09 Å². The van der Waals surface area contributed by atoms with Crippen LogP contribution in [0.3, 0.4) is 0 Å². The topological polar surface area (TPSA) is 40.5 Å². The molecule has 1 aromatic heterocycles. The Morgan fingerprint density at radius 1 is 1.26 bits per heavy atom. The number of hydrogen-bond donors (Lipinski definition) is 0. The van der Waals surface area contributed by atoms with E-state index in [2.05, 4.69) is 0 Å². The highest BCUT2D eigenvalue weighted by Gasteiger charge is 2.20. The molecule has 2 rings (SSSR count). The molecule has 0 aliphatic heterocycles. The van der Waals surface area contributed by atoms with Gasteiger partial charge < -0.3 is 9.47 Å². The molecule has 2 aromatic rings. The average molecular weight is 259 g/mol. The van der Waals surface area contributed by atoms with E-state index in [9.17, 15) is 4.79 Å². The monoisotopic (exact) mass is 259 g/mol. The van der Waals surface area contributed by atoms with Crippen LogP contribution in [0.25, 0.3) is 10.9 Å². The minimum absolute atomic E-state index is 0.367. The van der Waals surface area contributed by atoms with Crippen LogP contribution in [0, 0.1) is 0 Å². The first-order chi connectivity index (χ1) is 8.81. The van der Waals surface area contributed by atoms with Gasteiger partial charge in [0.15, 0.2) is 7.85 Å². The van der Waals surface area contributed by atoms with Crippen molar-refractivity contribution >= 4 is 30.4 Å². The van der Waals surface area contributed by atoms with Crippen molar-refractivity contribution in [3.05, 3.63) is 24.3 Å². The molecule has 0 unspecified atom stereocenters. The SMILES string of the molecule is Bc1cc2ccc(OC)cc2n1C(=O)OC(C)(C)C. The van der Waals surface area contributed by atoms with Crippen molar-refractivity contribution < 1.29 is 14.3 Å². The van der Waals surface area contributed by atoms with Crippen LogP contribution < -0.4 is 10.3 Å². The first-order valence-electron chi connectivity index (χ1n) is 6.21. The maximum Gasteiger partial charge on any atom is 0.418 e. The zero-order chi connectivity index (χ0) is 14.2. The summed E-state index contributed by atoms with van der Waals surface area (Å²) in [5.74, 6) is 0.718. The summed E-state index contributed by atoms with van der Waals surface area (Å²) in [5, 5.41) is 0.990. The lowest BCUT2D eigenvalue weighted by Gasteiger charge is -2.20. The van der Waals surface area contributed by atoms with Gasteiger partial charge in [0, 0.05) is 6.07 Å². The molecule has 19 heavy (non-hydrogen) atoms. The normalized spacial score (nSPS) is 11.6. The Bertz CT molecular complexity index is 625. The Kier molecular flexibility index (Phi) is 3.31. The van der Waals surface area contributed by atoms with Crippen LogP contribution in [-0.2, 0) is 4.74 Å². The molecule has 0 aliphatic rings. The maximum absolute atomic E-state index is 12.3. The predicted octanol–water partition coefficient (Wildman–Crippen LogP) is 1.69. The van der Waals surface area contributed by atoms with Crippen molar-refractivity contribution in [3.8, 4) is 5.75 Å². The van der Waals surface area contributed by atoms with Gasteiger partial charge in [-0.05, 0) is 49.9 Å². The molecule has 0 aliphatic carbocycles. The zero-order valence-electron chi connectivity index (χ0n) is 12.0. The van der Waals surface area contributed by atoms with Gasteiger partial charge in [-0.25, -0.2) is 4.79 Å². The first-order valence-corrected chi connectivity index (χ1v) is 6.21. The lowest BCUT2D eigenvalue weighted by atomic mass is 10.1. The largest absolute Gasteiger partial charge is 0.497 e. The minimum Gasteiger partial charge on any atom is -0.497 e. The third-order valence-electron chi connectivity index (χ3n) is 2.77. The number of carbonyl (C=O) groups is 1. The summed E-state index contributed by atoms with van der Waals surface area (Å²) in [6, 6.07) is 7.61. The summed E-state index contributed by atoms with van der Waals surface area (Å²) < 4.78 is 12.2. The third kappa shape index (κ3) is 2.75. The van der Waals surface area contributed by atoms with E-state index in [4.69, 9.17) is 9.47 Å². The van der Waals surface area contributed by atoms with Gasteiger partial charge in [-0.2, -0.15) is 0 Å². The summed E-state index contributed by atoms with van der Waals surface area (Å²) in [7, 11) is 3.49. The molecule has 0 bridgehead atoms. The summed E-state index contributed by atoms with van der Waals surface area (Å²) >= 11 is 0. The van der Waals surface area contributed by atoms with Gasteiger partial charge in [-0.1, -0.05) is 0 Å². The molecule has 0 atom stereocenters. The quantitative estimate of drug-likeness (QED) is 0.732. The van der Waals surface area contributed by atoms with Crippen LogP contribution in [0.15, 0.2) is 24.3 Å². The zero-order valence-corrected chi connectivity index (χ0v) is 12.0. The van der Waals surface area contributed by atoms with Crippen LogP contribution in [0.4, 0.5) is 4.79 Å². The number of nitrogens with zero attached hydrogens (tertiary/aromatic N) is 1. The second-order valence-electron chi connectivity index (χ2n) is 5.53. The fraction of sp³-hybridized carbons (Fsp3) is 0.357. The highest BCUT2D eigenvalue weighted by Crippen LogP contribution is 2.21. The second-order valence-corrected chi connectivity index (χ2v) is 5.53. The van der Waals surface area contributed by atoms with Gasteiger partial charge in [0.25, 0.3) is 0 Å². The Labute approximate surface area is 113 Å². The van der Waals surface area contributed by atoms with Crippen LogP contribution in [0.2, 0.25) is 0 Å². The molecule has 5 heteroatoms. The van der Waals surface area contributed by atoms with Crippen LogP contribution in [0.5, 0.6) is 5.75 Å². The second kappa shape index (κ2) is 4.65. The van der Waals surface area contributed by atoms with Crippen molar-refractivity contribution in [1.29, 1.82) is 0 Å². The predicted molar refractivity (Wildman–Crippen MR) is 78.3 cm³/mol. The molecule has 0 saturated heterocycles. The van der Waals surface area contributed by atoms with Crippen molar-refractivity contribution in [3.63, 3.8) is 0 Å². The van der Waals surface area contributed by atoms with Crippen LogP contribution in [0.1, 0.15) is 20.8 Å². The van der Waals surface area contributed by atoms with Gasteiger partial charge >= 0.3 is 6.09 Å². The van der Waals surface area contributed by atoms with E-state index in [0.29, 0.717) is 0 Å². The third-order valence-corrected chi connectivity index (χ3v) is 2.77. The highest BCUT2D eigenvalue weighted by atomic mass is 16.6. The summed E-state index contributed by atoms with van der Waals surface area (Å²) in [6.45, 7) is 5.56. The Morgan fingerprint density at radius 2 is 1.95 bits per heavy atom. The standard InChI is InChI=1S/C14H18BNO3/c1-14(2,3)19-13(17)16-11-8-10(18-4)6-5-9(11)7-12(16)15/h5-8H,15H2,1-4H3. The molecular weight excluding hydrogens is 241 g/mol. The van der Waals surface area contributed by atoms with E-state index in [0.717, 1.165) is 22.2 Å². The number of methoxy groups -OCH3 is 1. The molecule has 1 heterocycles. The molecule has 4 nitrogen and oxygen atoms in total. The molecule has 0 spiro atoms. The van der Waals surface area contributed by atoms with E-state index in [1.54, 1.807) is 11.7 Å². The van der Waals surface area contributed by atoms with Gasteiger partial charge in [-0.15, -0.1) is 0 Å². The number of ether oxygens (including phenoxy) is 2. The Morgan fingerprint density at radius 3 is 2.53 bits per heavy atom. The average Bonchev–Trinajstić information content (AvgIpc) is 2.61. The fourth-order valence-electron chi connectivity index (χ4n) is 2.00. The van der Waals surface area contributed by atoms with Crippen molar-refractivity contribution in [2.24, 2.45) is 0 Å². The molecule has 1 aromatic carbocycles. The Balaban J connectivity index is 2.52. The molecular formula is C14H18BNO3. The Hall–Kier alpha value is -1.91. The number of hydrogen-bond acceptors (Lipinski definition) is 3. The van der Waals surface area contributed by atoms with E-state index >= 15 is 0 Å². The number of rotatable bonds is 1. The maximum atomic E-state index is 12.3. The van der Waals surface area contributed by atoms with Crippen molar-refractivity contribution in [2.75, 3.05) is 7.11 Å². The summed E-state index contributed by atoms with van der Waals surface area (Å²) in [5.41, 5.74) is 1.13. The van der Waals surface area contributed by atoms with Gasteiger partial charge in [0.05, 0.1) is 12.6 Å². The van der Waals surface area contributed by atoms with Crippen molar-refractivity contribution in [2.45, 2.75) is 26.4 Å². The van der Waals surface area contributed by atoms with Crippen LogP contribution in [-0.4, -0.2) is 31.2 Å². The van der Waals surface area contributed by atoms with E-state index < -0.39 is 5.60 Å². The molecule has 0 radical (unpaired) electrons. The lowest BCUT2D eigenvalue weighted by Crippen LogP contribution is -2.32. The molecule has 0 amide bonds. The van der Waals surface area contributed by atoms with E-state index in [1.807, 2.05) is 52.9 Å². The van der Waals surface area contributed by atoms with Gasteiger partial charge in [-0.3, -0.25) is 4.57 Å². The number of aromatic nitrogens is 1. The number of carbonyl (C=O) groups excluding carboxylic acids is 1. The molecule has 0 N–H and O–H groups in total. The number of benzene rings is 1. The van der Waals surface area contributed by atoms with Crippen LogP contribution >= 0.6 is 0 Å². The summed E-state index contributed by atoms with van der Waals surface area (Å²) in [6.07, 6.45) is -0.367. The molecule has 100 valence electrons. The minimum atomic E-state index is -0.515. The van der Waals surface area contributed by atoms with Crippen molar-refractivity contribution in [1.82, 2.24) is 4.57 Å². The highest BCUT2D eigenvalue weighted by molar-refractivity contribution is 6.34. The van der Waals surface area contributed by atoms with Gasteiger partial charge in [0.1, 0.15) is 11.4 Å². The molecule has 0 saturated carbocycles. The lowest BCUT2D eigenvalue weighted by molar-refractivity contribution is 0.0549. The molecule has 0 fully saturated rings. The smallest absolute Gasteiger partial charge is 0.418 e. The van der Waals surface area contributed by atoms with Gasteiger partial charge in [0.2, 0.25) is 0 Å². The first kappa shape index (κ1) is 13.5.